The number of hydrogen-bond donors (Lipinski definition) is 0. The van der Waals surface area contributed by atoms with Crippen LogP contribution in [0.4, 0.5) is 0 Å². The fourth-order valence-corrected chi connectivity index (χ4v) is 1.73. The highest BCUT2D eigenvalue weighted by atomic mass is 32.2. The molecule has 0 spiro atoms. The van der Waals surface area contributed by atoms with E-state index in [1.807, 2.05) is 12.4 Å². The zero-order chi connectivity index (χ0) is 11.0. The van der Waals surface area contributed by atoms with E-state index in [1.54, 1.807) is 0 Å². The highest BCUT2D eigenvalue weighted by Crippen LogP contribution is 2.10. The van der Waals surface area contributed by atoms with Crippen molar-refractivity contribution in [3.63, 3.8) is 0 Å². The molecule has 0 radical (unpaired) electrons. The van der Waals surface area contributed by atoms with Gasteiger partial charge in [0, 0.05) is 13.1 Å². The van der Waals surface area contributed by atoms with Crippen LogP contribution in [0.3, 0.4) is 0 Å². The SMILES string of the molecule is CCC(C)CN(CC)C(=NC#N)SC. The maximum atomic E-state index is 8.53. The first-order valence-electron chi connectivity index (χ1n) is 4.95. The number of rotatable bonds is 4. The highest BCUT2D eigenvalue weighted by molar-refractivity contribution is 8.13. The average molecular weight is 213 g/mol. The molecular formula is C10H19N3S. The molecule has 0 aliphatic carbocycles. The fourth-order valence-electron chi connectivity index (χ4n) is 1.14. The van der Waals surface area contributed by atoms with E-state index in [9.17, 15) is 0 Å². The number of nitrogens with zero attached hydrogens (tertiary/aromatic N) is 3. The van der Waals surface area contributed by atoms with Gasteiger partial charge in [0.05, 0.1) is 0 Å². The predicted molar refractivity (Wildman–Crippen MR) is 63.3 cm³/mol. The topological polar surface area (TPSA) is 39.4 Å². The highest BCUT2D eigenvalue weighted by Gasteiger charge is 2.11. The van der Waals surface area contributed by atoms with Crippen molar-refractivity contribution in [2.24, 2.45) is 10.9 Å². The molecule has 0 saturated carbocycles. The van der Waals surface area contributed by atoms with Crippen LogP contribution in [0.25, 0.3) is 0 Å². The molecule has 80 valence electrons. The lowest BCUT2D eigenvalue weighted by molar-refractivity contribution is 0.365. The summed E-state index contributed by atoms with van der Waals surface area (Å²) in [5.74, 6) is 0.644. The van der Waals surface area contributed by atoms with Crippen LogP contribution in [-0.4, -0.2) is 29.4 Å². The van der Waals surface area contributed by atoms with Gasteiger partial charge in [0.1, 0.15) is 0 Å². The van der Waals surface area contributed by atoms with Gasteiger partial charge in [-0.15, -0.1) is 4.99 Å². The van der Waals surface area contributed by atoms with E-state index in [2.05, 4.69) is 30.7 Å². The van der Waals surface area contributed by atoms with Gasteiger partial charge < -0.3 is 4.90 Å². The molecule has 0 N–H and O–H groups in total. The summed E-state index contributed by atoms with van der Waals surface area (Å²) in [7, 11) is 0. The van der Waals surface area contributed by atoms with E-state index in [1.165, 1.54) is 11.8 Å². The number of hydrogen-bond acceptors (Lipinski definition) is 3. The minimum absolute atomic E-state index is 0.644. The van der Waals surface area contributed by atoms with Gasteiger partial charge in [-0.3, -0.25) is 0 Å². The average Bonchev–Trinajstić information content (AvgIpc) is 2.22. The fraction of sp³-hybridized carbons (Fsp3) is 0.800. The van der Waals surface area contributed by atoms with Gasteiger partial charge in [-0.2, -0.15) is 5.26 Å². The van der Waals surface area contributed by atoms with Crippen molar-refractivity contribution in [2.45, 2.75) is 27.2 Å². The van der Waals surface area contributed by atoms with Gasteiger partial charge in [-0.25, -0.2) is 0 Å². The first-order valence-corrected chi connectivity index (χ1v) is 6.17. The molecule has 0 aliphatic rings. The Morgan fingerprint density at radius 1 is 1.57 bits per heavy atom. The summed E-state index contributed by atoms with van der Waals surface area (Å²) in [6.07, 6.45) is 4.96. The Kier molecular flexibility index (Phi) is 7.31. The molecular weight excluding hydrogens is 194 g/mol. The predicted octanol–water partition coefficient (Wildman–Crippen LogP) is 2.55. The Labute approximate surface area is 91.2 Å². The Hall–Kier alpha value is -0.690. The number of thioether (sulfide) groups is 1. The van der Waals surface area contributed by atoms with E-state index in [0.29, 0.717) is 5.92 Å². The maximum Gasteiger partial charge on any atom is 0.208 e. The van der Waals surface area contributed by atoms with Crippen LogP contribution in [-0.2, 0) is 0 Å². The number of aliphatic imine (C=N–C) groups is 1. The third-order valence-electron chi connectivity index (χ3n) is 2.21. The molecule has 0 bridgehead atoms. The monoisotopic (exact) mass is 213 g/mol. The molecule has 1 atom stereocenters. The minimum atomic E-state index is 0.644. The summed E-state index contributed by atoms with van der Waals surface area (Å²) >= 11 is 1.53. The molecule has 0 aromatic heterocycles. The second kappa shape index (κ2) is 7.69. The van der Waals surface area contributed by atoms with Crippen LogP contribution in [0.5, 0.6) is 0 Å². The molecule has 1 unspecified atom stereocenters. The first kappa shape index (κ1) is 13.3. The van der Waals surface area contributed by atoms with Crippen LogP contribution in [0, 0.1) is 17.4 Å². The molecule has 0 aliphatic heterocycles. The van der Waals surface area contributed by atoms with Crippen molar-refractivity contribution in [3.05, 3.63) is 0 Å². The lowest BCUT2D eigenvalue weighted by Gasteiger charge is -2.25. The quantitative estimate of drug-likeness (QED) is 0.409. The lowest BCUT2D eigenvalue weighted by Crippen LogP contribution is -2.32. The Balaban J connectivity index is 4.38. The number of amidine groups is 1. The van der Waals surface area contributed by atoms with Crippen molar-refractivity contribution in [1.29, 1.82) is 5.26 Å². The normalized spacial score (nSPS) is 13.5. The molecule has 0 rings (SSSR count). The molecule has 0 aromatic carbocycles. The Morgan fingerprint density at radius 2 is 2.21 bits per heavy atom. The molecule has 14 heavy (non-hydrogen) atoms. The smallest absolute Gasteiger partial charge is 0.208 e. The lowest BCUT2D eigenvalue weighted by atomic mass is 10.1. The standard InChI is InChI=1S/C10H19N3S/c1-5-9(3)7-13(6-2)10(14-4)12-8-11/h9H,5-7H2,1-4H3. The Bertz CT molecular complexity index is 220. The van der Waals surface area contributed by atoms with E-state index < -0.39 is 0 Å². The largest absolute Gasteiger partial charge is 0.351 e. The van der Waals surface area contributed by atoms with Gasteiger partial charge in [0.25, 0.3) is 0 Å². The third-order valence-corrected chi connectivity index (χ3v) is 2.92. The second-order valence-electron chi connectivity index (χ2n) is 3.25. The van der Waals surface area contributed by atoms with Gasteiger partial charge >= 0.3 is 0 Å². The summed E-state index contributed by atoms with van der Waals surface area (Å²) in [6, 6.07) is 0. The molecule has 0 fully saturated rings. The van der Waals surface area contributed by atoms with Crippen molar-refractivity contribution in [2.75, 3.05) is 19.3 Å². The van der Waals surface area contributed by atoms with Gasteiger partial charge in [-0.05, 0) is 19.1 Å². The van der Waals surface area contributed by atoms with Crippen LogP contribution >= 0.6 is 11.8 Å². The van der Waals surface area contributed by atoms with Gasteiger partial charge in [0.2, 0.25) is 6.19 Å². The molecule has 4 heteroatoms. The number of nitriles is 1. The zero-order valence-electron chi connectivity index (χ0n) is 9.45. The van der Waals surface area contributed by atoms with Crippen molar-refractivity contribution in [3.8, 4) is 6.19 Å². The summed E-state index contributed by atoms with van der Waals surface area (Å²) in [6.45, 7) is 8.37. The van der Waals surface area contributed by atoms with Crippen molar-refractivity contribution < 1.29 is 0 Å². The van der Waals surface area contributed by atoms with Gasteiger partial charge in [0.15, 0.2) is 5.17 Å². The van der Waals surface area contributed by atoms with Crippen LogP contribution in [0.1, 0.15) is 27.2 Å². The van der Waals surface area contributed by atoms with Crippen molar-refractivity contribution in [1.82, 2.24) is 4.90 Å². The van der Waals surface area contributed by atoms with E-state index >= 15 is 0 Å². The zero-order valence-corrected chi connectivity index (χ0v) is 10.3. The van der Waals surface area contributed by atoms with Crippen LogP contribution in [0.2, 0.25) is 0 Å². The summed E-state index contributed by atoms with van der Waals surface area (Å²) in [4.78, 5) is 5.97. The van der Waals surface area contributed by atoms with Crippen LogP contribution in [0.15, 0.2) is 4.99 Å². The first-order chi connectivity index (χ1) is 6.69. The van der Waals surface area contributed by atoms with E-state index in [-0.39, 0.29) is 0 Å². The van der Waals surface area contributed by atoms with Crippen molar-refractivity contribution >= 4 is 16.9 Å². The molecule has 0 aromatic rings. The van der Waals surface area contributed by atoms with Crippen LogP contribution < -0.4 is 0 Å². The van der Waals surface area contributed by atoms with E-state index in [0.717, 1.165) is 24.7 Å². The molecule has 3 nitrogen and oxygen atoms in total. The summed E-state index contributed by atoms with van der Waals surface area (Å²) < 4.78 is 0. The summed E-state index contributed by atoms with van der Waals surface area (Å²) in [5.41, 5.74) is 0. The third kappa shape index (κ3) is 4.52. The summed E-state index contributed by atoms with van der Waals surface area (Å²) in [5, 5.41) is 9.35. The minimum Gasteiger partial charge on any atom is -0.351 e. The van der Waals surface area contributed by atoms with Gasteiger partial charge in [-0.1, -0.05) is 32.0 Å². The van der Waals surface area contributed by atoms with E-state index in [4.69, 9.17) is 5.26 Å². The maximum absolute atomic E-state index is 8.53. The molecule has 0 amide bonds. The molecule has 0 saturated heterocycles. The second-order valence-corrected chi connectivity index (χ2v) is 4.02. The Morgan fingerprint density at radius 3 is 2.57 bits per heavy atom. The molecule has 0 heterocycles.